The summed E-state index contributed by atoms with van der Waals surface area (Å²) < 4.78 is 20.8. The predicted octanol–water partition coefficient (Wildman–Crippen LogP) is 10.6. The van der Waals surface area contributed by atoms with Crippen molar-refractivity contribution in [3.8, 4) is 22.3 Å². The zero-order valence-electron chi connectivity index (χ0n) is 26.9. The fourth-order valence-electron chi connectivity index (χ4n) is 5.46. The van der Waals surface area contributed by atoms with Crippen molar-refractivity contribution >= 4 is 89.3 Å². The Hall–Kier alpha value is -2.60. The summed E-state index contributed by atoms with van der Waals surface area (Å²) in [5, 5.41) is 12.4. The van der Waals surface area contributed by atoms with E-state index >= 15 is 0 Å². The summed E-state index contributed by atoms with van der Waals surface area (Å²) in [5.74, 6) is 0. The minimum atomic E-state index is -2.70. The number of hydrogen-bond donors (Lipinski definition) is 1. The predicted molar refractivity (Wildman–Crippen MR) is 222 cm³/mol. The number of fused-ring (bicyclic) bond motifs is 3. The Bertz CT molecular complexity index is 1900. The number of halogens is 4. The van der Waals surface area contributed by atoms with Gasteiger partial charge in [-0.05, 0) is 40.8 Å². The molecule has 1 saturated heterocycles. The molecule has 4 nitrogen and oxygen atoms in total. The maximum atomic E-state index is 13.9. The number of benzene rings is 6. The first-order valence-corrected chi connectivity index (χ1v) is 22.1. The maximum absolute atomic E-state index is 13.9. The summed E-state index contributed by atoms with van der Waals surface area (Å²) in [7, 11) is -2.70. The van der Waals surface area contributed by atoms with Crippen molar-refractivity contribution < 1.29 is 19.9 Å². The van der Waals surface area contributed by atoms with Gasteiger partial charge in [-0.2, -0.15) is 0 Å². The number of aliphatic hydroxyl groups is 1. The topological polar surface area (TPSA) is 78.0 Å². The van der Waals surface area contributed by atoms with Gasteiger partial charge >= 0.3 is 0 Å². The van der Waals surface area contributed by atoms with E-state index in [4.69, 9.17) is 32.3 Å². The molecule has 0 aromatic heterocycles. The van der Waals surface area contributed by atoms with Crippen LogP contribution in [0.3, 0.4) is 0 Å². The van der Waals surface area contributed by atoms with E-state index < -0.39 is 20.1 Å². The Morgan fingerprint density at radius 1 is 0.600 bits per heavy atom. The number of hydrogen-bond acceptors (Lipinski definition) is 3. The average molecular weight is 873 g/mol. The minimum absolute atomic E-state index is 0. The number of aliphatic hydroxyl groups excluding tert-OH is 1. The molecule has 0 aliphatic carbocycles. The lowest BCUT2D eigenvalue weighted by molar-refractivity contribution is -0.0589. The third-order valence-corrected chi connectivity index (χ3v) is 14.2. The van der Waals surface area contributed by atoms with Crippen molar-refractivity contribution in [2.75, 3.05) is 6.61 Å². The second-order valence-corrected chi connectivity index (χ2v) is 18.9. The van der Waals surface area contributed by atoms with Crippen LogP contribution >= 0.6 is 68.1 Å². The second kappa shape index (κ2) is 19.9. The van der Waals surface area contributed by atoms with Gasteiger partial charge in [-0.15, -0.1) is 0 Å². The second-order valence-electron chi connectivity index (χ2n) is 11.0. The Balaban J connectivity index is 0.000000163. The summed E-state index contributed by atoms with van der Waals surface area (Å²) >= 11 is 18.4. The molecule has 2 aliphatic heterocycles. The van der Waals surface area contributed by atoms with Crippen LogP contribution in [0.5, 0.6) is 0 Å². The molecule has 0 bridgehead atoms. The molecule has 0 spiro atoms. The zero-order valence-corrected chi connectivity index (χ0v) is 33.4. The SMILES string of the molecule is Brc1ccccc1-c1ccccc1Br.ClP(Cl)c1ccccc1.O.O=P1(c2ccccc2)c2ccccc2-c2ccccc21.OC1CCCO1. The summed E-state index contributed by atoms with van der Waals surface area (Å²) in [6.07, 6.45) is 1.38. The fraction of sp³-hybridized carbons (Fsp3) is 0.100. The molecule has 1 unspecified atom stereocenters. The molecule has 8 rings (SSSR count). The quantitative estimate of drug-likeness (QED) is 0.180. The van der Waals surface area contributed by atoms with Crippen LogP contribution in [0.15, 0.2) is 167 Å². The van der Waals surface area contributed by atoms with Gasteiger partial charge in [0.05, 0.1) is 0 Å². The van der Waals surface area contributed by atoms with Gasteiger partial charge in [0.15, 0.2) is 13.4 Å². The van der Waals surface area contributed by atoms with E-state index in [-0.39, 0.29) is 5.48 Å². The number of rotatable bonds is 3. The van der Waals surface area contributed by atoms with Crippen LogP contribution < -0.4 is 21.2 Å². The van der Waals surface area contributed by atoms with Crippen LogP contribution in [0, 0.1) is 0 Å². The van der Waals surface area contributed by atoms with E-state index in [1.54, 1.807) is 0 Å². The van der Waals surface area contributed by atoms with Gasteiger partial charge < -0.3 is 19.9 Å². The van der Waals surface area contributed by atoms with Gasteiger partial charge in [-0.25, -0.2) is 0 Å². The third-order valence-electron chi connectivity index (χ3n) is 7.79. The highest BCUT2D eigenvalue weighted by atomic mass is 79.9. The Labute approximate surface area is 321 Å². The fourth-order valence-corrected chi connectivity index (χ4v) is 10.6. The third kappa shape index (κ3) is 10.0. The Kier molecular flexibility index (Phi) is 16.0. The monoisotopic (exact) mass is 870 g/mol. The van der Waals surface area contributed by atoms with Crippen LogP contribution in [0.4, 0.5) is 0 Å². The average Bonchev–Trinajstić information content (AvgIpc) is 3.73. The van der Waals surface area contributed by atoms with Crippen molar-refractivity contribution in [3.05, 3.63) is 167 Å². The molecule has 0 amide bonds. The molecule has 6 aromatic carbocycles. The molecule has 6 aromatic rings. The Morgan fingerprint density at radius 3 is 1.36 bits per heavy atom. The molecule has 3 N–H and O–H groups in total. The van der Waals surface area contributed by atoms with Crippen molar-refractivity contribution in [3.63, 3.8) is 0 Å². The van der Waals surface area contributed by atoms with Crippen molar-refractivity contribution in [2.24, 2.45) is 0 Å². The van der Waals surface area contributed by atoms with E-state index in [9.17, 15) is 4.57 Å². The van der Waals surface area contributed by atoms with Crippen LogP contribution in [-0.4, -0.2) is 23.5 Å². The van der Waals surface area contributed by atoms with Crippen molar-refractivity contribution in [1.82, 2.24) is 0 Å². The first kappa shape index (κ1) is 40.2. The summed E-state index contributed by atoms with van der Waals surface area (Å²) in [5.41, 5.74) is 4.63. The maximum Gasteiger partial charge on any atom is 0.172 e. The molecule has 0 radical (unpaired) electrons. The standard InChI is InChI=1S/C18H13OP.C12H8Br2.C6H5Cl2P.C4H8O2.H2O/c19-20(14-8-2-1-3-9-14)17-12-6-4-10-15(17)16-11-5-7-13-18(16)20;13-11-7-3-1-5-9(11)10-6-2-4-8-12(10)14;7-9(8)6-4-2-1-3-5-6;5-4-2-1-3-6-4;/h1-13H;1-8H;1-5H;4-5H,1-3H2;1H2. The van der Waals surface area contributed by atoms with Crippen LogP contribution in [0.25, 0.3) is 22.3 Å². The van der Waals surface area contributed by atoms with E-state index in [1.807, 2.05) is 121 Å². The number of ether oxygens (including phenoxy) is 1. The molecule has 1 fully saturated rings. The van der Waals surface area contributed by atoms with Gasteiger partial charge in [-0.3, -0.25) is 0 Å². The van der Waals surface area contributed by atoms with Crippen molar-refractivity contribution in [1.29, 1.82) is 0 Å². The summed E-state index contributed by atoms with van der Waals surface area (Å²) in [4.78, 5) is 0. The highest BCUT2D eigenvalue weighted by molar-refractivity contribution is 9.11. The van der Waals surface area contributed by atoms with E-state index in [0.29, 0.717) is 0 Å². The van der Waals surface area contributed by atoms with E-state index in [2.05, 4.69) is 68.3 Å². The first-order chi connectivity index (χ1) is 23.8. The lowest BCUT2D eigenvalue weighted by Crippen LogP contribution is -2.20. The largest absolute Gasteiger partial charge is 0.412 e. The van der Waals surface area contributed by atoms with Gasteiger partial charge in [-0.1, -0.05) is 200 Å². The molecule has 1 atom stereocenters. The molecular formula is C40H36Br2Cl2O4P2. The molecule has 258 valence electrons. The van der Waals surface area contributed by atoms with Crippen LogP contribution in [0.2, 0.25) is 0 Å². The lowest BCUT2D eigenvalue weighted by atomic mass is 10.1. The normalized spacial score (nSPS) is 14.6. The van der Waals surface area contributed by atoms with E-state index in [1.165, 1.54) is 11.1 Å². The molecular weight excluding hydrogens is 837 g/mol. The van der Waals surface area contributed by atoms with Crippen LogP contribution in [0.1, 0.15) is 12.8 Å². The van der Waals surface area contributed by atoms with Crippen LogP contribution in [-0.2, 0) is 9.30 Å². The smallest absolute Gasteiger partial charge is 0.172 e. The highest BCUT2D eigenvalue weighted by Gasteiger charge is 2.39. The lowest BCUT2D eigenvalue weighted by Gasteiger charge is -2.15. The van der Waals surface area contributed by atoms with E-state index in [0.717, 1.165) is 60.7 Å². The summed E-state index contributed by atoms with van der Waals surface area (Å²) in [6.45, 7) is -0.214. The van der Waals surface area contributed by atoms with Gasteiger partial charge in [0, 0.05) is 43.2 Å². The van der Waals surface area contributed by atoms with Gasteiger partial charge in [0.1, 0.15) is 6.63 Å². The van der Waals surface area contributed by atoms with Gasteiger partial charge in [0.2, 0.25) is 0 Å². The molecule has 2 heterocycles. The zero-order chi connectivity index (χ0) is 34.6. The summed E-state index contributed by atoms with van der Waals surface area (Å²) in [6, 6.07) is 52.0. The first-order valence-electron chi connectivity index (χ1n) is 15.6. The highest BCUT2D eigenvalue weighted by Crippen LogP contribution is 2.51. The Morgan fingerprint density at radius 2 is 1.00 bits per heavy atom. The minimum Gasteiger partial charge on any atom is -0.412 e. The van der Waals surface area contributed by atoms with Gasteiger partial charge in [0.25, 0.3) is 0 Å². The molecule has 2 aliphatic rings. The molecule has 0 saturated carbocycles. The molecule has 10 heteroatoms. The van der Waals surface area contributed by atoms with Crippen molar-refractivity contribution in [2.45, 2.75) is 19.1 Å². The molecule has 50 heavy (non-hydrogen) atoms.